The maximum Gasteiger partial charge on any atom is 0.372 e. The van der Waals surface area contributed by atoms with Gasteiger partial charge >= 0.3 is 15.2 Å². The fourth-order valence-corrected chi connectivity index (χ4v) is 8.63. The molecule has 0 aliphatic carbocycles. The number of ketones is 1. The largest absolute Gasteiger partial charge is 0.372 e. The fourth-order valence-electron chi connectivity index (χ4n) is 3.29. The van der Waals surface area contributed by atoms with Gasteiger partial charge in [-0.2, -0.15) is 10.2 Å². The molecule has 9 nitrogen and oxygen atoms in total. The Balaban J connectivity index is 2.68. The van der Waals surface area contributed by atoms with E-state index in [0.717, 1.165) is 0 Å². The van der Waals surface area contributed by atoms with E-state index in [1.54, 1.807) is 0 Å². The topological polar surface area (TPSA) is 113 Å². The molecule has 0 spiro atoms. The first-order chi connectivity index (χ1) is 15.9. The molecule has 0 fully saturated rings. The van der Waals surface area contributed by atoms with Gasteiger partial charge in [-0.15, -0.1) is 0 Å². The molecule has 2 rings (SSSR count). The number of Topliss-reactive ketones (excluding diaryl/α,β-unsaturated/α-hetero) is 1. The number of nitrogens with zero attached hydrogens (tertiary/aromatic N) is 2. The minimum atomic E-state index is -4.62. The second-order valence-corrected chi connectivity index (χ2v) is 11.5. The summed E-state index contributed by atoms with van der Waals surface area (Å²) in [5.74, 6) is -13.6. The van der Waals surface area contributed by atoms with Crippen LogP contribution in [0.2, 0.25) is 0 Å². The Kier molecular flexibility index (Phi) is 9.29. The molecule has 192 valence electrons. The summed E-state index contributed by atoms with van der Waals surface area (Å²) in [6, 6.07) is -1.98. The third kappa shape index (κ3) is 4.64. The van der Waals surface area contributed by atoms with Gasteiger partial charge in [0, 0.05) is 6.42 Å². The molecule has 1 unspecified atom stereocenters. The lowest BCUT2D eigenvalue weighted by Crippen LogP contribution is -2.33. The van der Waals surface area contributed by atoms with E-state index in [-0.39, 0.29) is 26.4 Å². The second kappa shape index (κ2) is 11.0. The van der Waals surface area contributed by atoms with Gasteiger partial charge in [0.1, 0.15) is 6.04 Å². The highest BCUT2D eigenvalue weighted by Crippen LogP contribution is 2.81. The Labute approximate surface area is 192 Å². The number of azo groups is 1. The third-order valence-electron chi connectivity index (χ3n) is 4.66. The Morgan fingerprint density at radius 1 is 0.794 bits per heavy atom. The van der Waals surface area contributed by atoms with E-state index in [1.807, 2.05) is 0 Å². The summed E-state index contributed by atoms with van der Waals surface area (Å²) in [4.78, 5) is 12.8. The van der Waals surface area contributed by atoms with Crippen LogP contribution in [0, 0.1) is 29.1 Å². The van der Waals surface area contributed by atoms with Crippen molar-refractivity contribution < 1.29 is 54.0 Å². The number of hydrogen-bond acceptors (Lipinski definition) is 9. The molecule has 1 aliphatic heterocycles. The summed E-state index contributed by atoms with van der Waals surface area (Å²) < 4.78 is 118. The summed E-state index contributed by atoms with van der Waals surface area (Å²) >= 11 is 0. The van der Waals surface area contributed by atoms with Crippen molar-refractivity contribution in [2.24, 2.45) is 10.2 Å². The molecule has 1 aromatic rings. The van der Waals surface area contributed by atoms with Gasteiger partial charge in [0.05, 0.1) is 32.0 Å². The zero-order valence-electron chi connectivity index (χ0n) is 18.6. The predicted octanol–water partition coefficient (Wildman–Crippen LogP) is 5.98. The molecule has 1 aromatic carbocycles. The highest BCUT2D eigenvalue weighted by Gasteiger charge is 2.70. The number of rotatable bonds is 12. The molecule has 0 bridgehead atoms. The predicted molar refractivity (Wildman–Crippen MR) is 108 cm³/mol. The van der Waals surface area contributed by atoms with Gasteiger partial charge in [-0.25, -0.2) is 22.0 Å². The maximum absolute atomic E-state index is 14.2. The van der Waals surface area contributed by atoms with E-state index in [1.165, 1.54) is 27.7 Å². The molecule has 1 heterocycles. The minimum absolute atomic E-state index is 0.247. The number of halogens is 5. The van der Waals surface area contributed by atoms with E-state index < -0.39 is 73.1 Å². The molecule has 1 atom stereocenters. The highest BCUT2D eigenvalue weighted by atomic mass is 31.2. The molecule has 0 amide bonds. The lowest BCUT2D eigenvalue weighted by molar-refractivity contribution is 0.0948. The van der Waals surface area contributed by atoms with Crippen molar-refractivity contribution in [3.8, 4) is 0 Å². The molecule has 16 heteroatoms. The first-order valence-electron chi connectivity index (χ1n) is 10.2. The summed E-state index contributed by atoms with van der Waals surface area (Å²) in [5.41, 5.74) is -1.78. The van der Waals surface area contributed by atoms with Crippen molar-refractivity contribution in [3.63, 3.8) is 0 Å². The molecule has 34 heavy (non-hydrogen) atoms. The first kappa shape index (κ1) is 28.7. The van der Waals surface area contributed by atoms with Crippen LogP contribution in [0.3, 0.4) is 0 Å². The van der Waals surface area contributed by atoms with E-state index in [2.05, 4.69) is 10.2 Å². The smallest absolute Gasteiger partial charge is 0.307 e. The van der Waals surface area contributed by atoms with Crippen LogP contribution in [0.15, 0.2) is 10.2 Å². The molecule has 0 aromatic heterocycles. The van der Waals surface area contributed by atoms with Gasteiger partial charge in [0.2, 0.25) is 5.82 Å². The van der Waals surface area contributed by atoms with Crippen molar-refractivity contribution in [3.05, 3.63) is 34.6 Å². The van der Waals surface area contributed by atoms with Crippen LogP contribution in [0.5, 0.6) is 0 Å². The molecular weight excluding hydrogens is 513 g/mol. The number of hydrogen-bond donors (Lipinski definition) is 0. The molecule has 0 saturated carbocycles. The Bertz CT molecular complexity index is 993. The molecule has 0 saturated heterocycles. The normalized spacial score (nSPS) is 18.0. The van der Waals surface area contributed by atoms with Crippen LogP contribution in [-0.2, 0) is 27.2 Å². The number of carbonyl (C=O) groups is 1. The average molecular weight is 536 g/mol. The Morgan fingerprint density at radius 3 is 1.50 bits per heavy atom. The average Bonchev–Trinajstić information content (AvgIpc) is 3.25. The van der Waals surface area contributed by atoms with E-state index in [4.69, 9.17) is 18.1 Å². The summed E-state index contributed by atoms with van der Waals surface area (Å²) in [6.07, 6.45) is -0.945. The fraction of sp³-hybridized carbons (Fsp3) is 0.611. The lowest BCUT2D eigenvalue weighted by Gasteiger charge is -2.36. The molecular formula is C18H23F5N2O7P2. The van der Waals surface area contributed by atoms with Crippen LogP contribution in [0.4, 0.5) is 22.0 Å². The lowest BCUT2D eigenvalue weighted by atomic mass is 10.0. The second-order valence-electron chi connectivity index (χ2n) is 6.68. The first-order valence-corrected chi connectivity index (χ1v) is 13.2. The monoisotopic (exact) mass is 536 g/mol. The van der Waals surface area contributed by atoms with Crippen molar-refractivity contribution >= 4 is 21.0 Å². The van der Waals surface area contributed by atoms with Crippen molar-refractivity contribution in [2.75, 3.05) is 26.4 Å². The van der Waals surface area contributed by atoms with Crippen molar-refractivity contribution in [2.45, 2.75) is 45.2 Å². The number of benzene rings is 1. The molecule has 1 aliphatic rings. The van der Waals surface area contributed by atoms with Gasteiger partial charge in [-0.3, -0.25) is 13.9 Å². The zero-order valence-corrected chi connectivity index (χ0v) is 20.4. The Morgan fingerprint density at radius 2 is 1.15 bits per heavy atom. The summed E-state index contributed by atoms with van der Waals surface area (Å²) in [5, 5.41) is 4.66. The van der Waals surface area contributed by atoms with Crippen LogP contribution < -0.4 is 0 Å². The van der Waals surface area contributed by atoms with Crippen LogP contribution in [-0.4, -0.2) is 43.3 Å². The standard InChI is InChI=1S/C18H23F5N2O7P2/c1-5-29-33(27,30-6-2)18(34(28,31-7-3)32-8-4)9-10(24-25-18)17(26)11-12(19)14(21)16(23)15(22)13(11)20/h10H,5-9H2,1-4H3. The van der Waals surface area contributed by atoms with Crippen molar-refractivity contribution in [1.29, 1.82) is 0 Å². The van der Waals surface area contributed by atoms with Crippen LogP contribution in [0.25, 0.3) is 0 Å². The van der Waals surface area contributed by atoms with Gasteiger partial charge < -0.3 is 18.1 Å². The van der Waals surface area contributed by atoms with Gasteiger partial charge in [0.25, 0.3) is 5.02 Å². The van der Waals surface area contributed by atoms with Crippen LogP contribution >= 0.6 is 15.2 Å². The molecule has 0 radical (unpaired) electrons. The van der Waals surface area contributed by atoms with E-state index >= 15 is 0 Å². The third-order valence-corrected chi connectivity index (χ3v) is 10.8. The van der Waals surface area contributed by atoms with Gasteiger partial charge in [-0.05, 0) is 27.7 Å². The summed E-state index contributed by atoms with van der Waals surface area (Å²) in [7, 11) is -9.24. The maximum atomic E-state index is 14.2. The molecule has 0 N–H and O–H groups in total. The highest BCUT2D eigenvalue weighted by molar-refractivity contribution is 7.74. The summed E-state index contributed by atoms with van der Waals surface area (Å²) in [6.45, 7) is 4.72. The SMILES string of the molecule is CCOP(=O)(OCC)C1(P(=O)(OCC)OCC)CC(C(=O)c2c(F)c(F)c(F)c(F)c2F)N=N1. The zero-order chi connectivity index (χ0) is 25.9. The van der Waals surface area contributed by atoms with Gasteiger partial charge in [0.15, 0.2) is 29.1 Å². The van der Waals surface area contributed by atoms with Crippen LogP contribution in [0.1, 0.15) is 44.5 Å². The minimum Gasteiger partial charge on any atom is -0.307 e. The Hall–Kier alpha value is -1.56. The van der Waals surface area contributed by atoms with Crippen molar-refractivity contribution in [1.82, 2.24) is 0 Å². The van der Waals surface area contributed by atoms with E-state index in [0.29, 0.717) is 0 Å². The number of carbonyl (C=O) groups excluding carboxylic acids is 1. The van der Waals surface area contributed by atoms with Gasteiger partial charge in [-0.1, -0.05) is 0 Å². The van der Waals surface area contributed by atoms with E-state index in [9.17, 15) is 35.9 Å². The quantitative estimate of drug-likeness (QED) is 0.106.